The Bertz CT molecular complexity index is 349. The fourth-order valence-corrected chi connectivity index (χ4v) is 1.39. The Balaban J connectivity index is 0.00000144. The largest absolute Gasteiger partial charge is 0.357 e. The molecule has 0 unspecified atom stereocenters. The second-order valence-electron chi connectivity index (χ2n) is 3.93. The summed E-state index contributed by atoms with van der Waals surface area (Å²) >= 11 is 0. The molecule has 2 rings (SSSR count). The third-order valence-electron chi connectivity index (χ3n) is 2.39. The Hall–Kier alpha value is -0.850. The van der Waals surface area contributed by atoms with Crippen molar-refractivity contribution in [2.24, 2.45) is 4.99 Å². The minimum Gasteiger partial charge on any atom is -0.357 e. The monoisotopic (exact) mass is 346 g/mol. The predicted octanol–water partition coefficient (Wildman–Crippen LogP) is 1.92. The summed E-state index contributed by atoms with van der Waals surface area (Å²) in [5.41, 5.74) is 0.996. The lowest BCUT2D eigenvalue weighted by Gasteiger charge is -2.09. The normalized spacial score (nSPS) is 15.0. The van der Waals surface area contributed by atoms with E-state index < -0.39 is 0 Å². The van der Waals surface area contributed by atoms with Gasteiger partial charge in [-0.25, -0.2) is 4.99 Å². The molecule has 94 valence electrons. The van der Waals surface area contributed by atoms with E-state index in [0.29, 0.717) is 12.6 Å². The molecule has 0 amide bonds. The molecule has 1 aliphatic rings. The zero-order valence-electron chi connectivity index (χ0n) is 10.0. The third kappa shape index (κ3) is 5.34. The maximum Gasteiger partial charge on any atom is 0.191 e. The van der Waals surface area contributed by atoms with Crippen molar-refractivity contribution in [3.05, 3.63) is 30.1 Å². The van der Waals surface area contributed by atoms with E-state index in [2.05, 4.69) is 27.5 Å². The van der Waals surface area contributed by atoms with Gasteiger partial charge in [0.05, 0.1) is 12.2 Å². The van der Waals surface area contributed by atoms with Crippen molar-refractivity contribution < 1.29 is 0 Å². The standard InChI is InChI=1S/C12H18N4.HI/c1-2-13-12(16-10-6-7-10)15-9-11-5-3-4-8-14-11;/h3-5,8,10H,2,6-7,9H2,1H3,(H2,13,15,16);1H. The van der Waals surface area contributed by atoms with Gasteiger partial charge >= 0.3 is 0 Å². The van der Waals surface area contributed by atoms with Crippen molar-refractivity contribution >= 4 is 29.9 Å². The number of nitrogens with zero attached hydrogens (tertiary/aromatic N) is 2. The first kappa shape index (κ1) is 14.2. The van der Waals surface area contributed by atoms with Crippen LogP contribution in [0.25, 0.3) is 0 Å². The maximum atomic E-state index is 4.50. The van der Waals surface area contributed by atoms with Crippen molar-refractivity contribution in [2.45, 2.75) is 32.4 Å². The minimum atomic E-state index is 0. The highest BCUT2D eigenvalue weighted by molar-refractivity contribution is 14.0. The van der Waals surface area contributed by atoms with Crippen LogP contribution in [0.5, 0.6) is 0 Å². The minimum absolute atomic E-state index is 0. The molecule has 0 saturated heterocycles. The van der Waals surface area contributed by atoms with Gasteiger partial charge in [-0.2, -0.15) is 0 Å². The molecule has 1 heterocycles. The van der Waals surface area contributed by atoms with Crippen molar-refractivity contribution in [1.29, 1.82) is 0 Å². The Morgan fingerprint density at radius 1 is 1.47 bits per heavy atom. The smallest absolute Gasteiger partial charge is 0.191 e. The molecule has 0 bridgehead atoms. The van der Waals surface area contributed by atoms with Gasteiger partial charge in [-0.05, 0) is 31.9 Å². The number of rotatable bonds is 4. The second kappa shape index (κ2) is 7.47. The summed E-state index contributed by atoms with van der Waals surface area (Å²) in [4.78, 5) is 8.74. The average molecular weight is 346 g/mol. The summed E-state index contributed by atoms with van der Waals surface area (Å²) in [5, 5.41) is 6.61. The molecule has 1 saturated carbocycles. The fraction of sp³-hybridized carbons (Fsp3) is 0.500. The lowest BCUT2D eigenvalue weighted by atomic mass is 10.3. The van der Waals surface area contributed by atoms with Crippen LogP contribution >= 0.6 is 24.0 Å². The van der Waals surface area contributed by atoms with Crippen LogP contribution in [0, 0.1) is 0 Å². The van der Waals surface area contributed by atoms with Crippen LogP contribution in [0.4, 0.5) is 0 Å². The highest BCUT2D eigenvalue weighted by Crippen LogP contribution is 2.18. The van der Waals surface area contributed by atoms with E-state index in [4.69, 9.17) is 0 Å². The quantitative estimate of drug-likeness (QED) is 0.498. The molecule has 0 spiro atoms. The van der Waals surface area contributed by atoms with Crippen LogP contribution in [0.2, 0.25) is 0 Å². The van der Waals surface area contributed by atoms with Crippen LogP contribution in [-0.4, -0.2) is 23.5 Å². The van der Waals surface area contributed by atoms with Gasteiger partial charge in [-0.15, -0.1) is 24.0 Å². The molecule has 1 fully saturated rings. The molecule has 0 radical (unpaired) electrons. The lowest BCUT2D eigenvalue weighted by Crippen LogP contribution is -2.38. The van der Waals surface area contributed by atoms with Gasteiger partial charge in [0.1, 0.15) is 0 Å². The van der Waals surface area contributed by atoms with Gasteiger partial charge < -0.3 is 10.6 Å². The number of hydrogen-bond donors (Lipinski definition) is 2. The summed E-state index contributed by atoms with van der Waals surface area (Å²) in [5.74, 6) is 0.899. The third-order valence-corrected chi connectivity index (χ3v) is 2.39. The molecule has 2 N–H and O–H groups in total. The van der Waals surface area contributed by atoms with Crippen molar-refractivity contribution in [3.8, 4) is 0 Å². The number of guanidine groups is 1. The SMILES string of the molecule is CCNC(=NCc1ccccn1)NC1CC1.I. The van der Waals surface area contributed by atoms with Crippen LogP contribution in [0.3, 0.4) is 0 Å². The molecule has 0 atom stereocenters. The van der Waals surface area contributed by atoms with Gasteiger partial charge in [0.15, 0.2) is 5.96 Å². The highest BCUT2D eigenvalue weighted by Gasteiger charge is 2.21. The number of aromatic nitrogens is 1. The van der Waals surface area contributed by atoms with Gasteiger partial charge in [0, 0.05) is 18.8 Å². The first-order chi connectivity index (χ1) is 7.88. The number of halogens is 1. The first-order valence-corrected chi connectivity index (χ1v) is 5.83. The van der Waals surface area contributed by atoms with Gasteiger partial charge in [0.25, 0.3) is 0 Å². The zero-order chi connectivity index (χ0) is 11.2. The Kier molecular flexibility index (Phi) is 6.25. The topological polar surface area (TPSA) is 49.3 Å². The van der Waals surface area contributed by atoms with Crippen LogP contribution in [0.1, 0.15) is 25.5 Å². The van der Waals surface area contributed by atoms with Crippen LogP contribution < -0.4 is 10.6 Å². The summed E-state index contributed by atoms with van der Waals surface area (Å²) in [6, 6.07) is 6.52. The molecule has 0 aromatic carbocycles. The average Bonchev–Trinajstić information content (AvgIpc) is 3.12. The molecule has 1 aromatic rings. The van der Waals surface area contributed by atoms with E-state index in [0.717, 1.165) is 18.2 Å². The van der Waals surface area contributed by atoms with E-state index in [1.165, 1.54) is 12.8 Å². The van der Waals surface area contributed by atoms with Crippen LogP contribution in [-0.2, 0) is 6.54 Å². The molecule has 5 heteroatoms. The zero-order valence-corrected chi connectivity index (χ0v) is 12.3. The van der Waals surface area contributed by atoms with Gasteiger partial charge in [0.2, 0.25) is 0 Å². The highest BCUT2D eigenvalue weighted by atomic mass is 127. The van der Waals surface area contributed by atoms with Crippen molar-refractivity contribution in [3.63, 3.8) is 0 Å². The van der Waals surface area contributed by atoms with Gasteiger partial charge in [-0.3, -0.25) is 4.98 Å². The maximum absolute atomic E-state index is 4.50. The van der Waals surface area contributed by atoms with Crippen molar-refractivity contribution in [2.75, 3.05) is 6.54 Å². The second-order valence-corrected chi connectivity index (χ2v) is 3.93. The van der Waals surface area contributed by atoms with E-state index in [-0.39, 0.29) is 24.0 Å². The molecule has 1 aromatic heterocycles. The summed E-state index contributed by atoms with van der Waals surface area (Å²) in [6.45, 7) is 3.59. The summed E-state index contributed by atoms with van der Waals surface area (Å²) in [6.07, 6.45) is 4.31. The predicted molar refractivity (Wildman–Crippen MR) is 80.6 cm³/mol. The molecule has 0 aliphatic heterocycles. The van der Waals surface area contributed by atoms with E-state index in [9.17, 15) is 0 Å². The number of nitrogens with one attached hydrogen (secondary N) is 2. The summed E-state index contributed by atoms with van der Waals surface area (Å²) < 4.78 is 0. The Morgan fingerprint density at radius 3 is 2.88 bits per heavy atom. The fourth-order valence-electron chi connectivity index (χ4n) is 1.39. The number of pyridine rings is 1. The van der Waals surface area contributed by atoms with Gasteiger partial charge in [-0.1, -0.05) is 6.07 Å². The summed E-state index contributed by atoms with van der Waals surface area (Å²) in [7, 11) is 0. The molecule has 4 nitrogen and oxygen atoms in total. The molecule has 1 aliphatic carbocycles. The van der Waals surface area contributed by atoms with Crippen molar-refractivity contribution in [1.82, 2.24) is 15.6 Å². The van der Waals surface area contributed by atoms with Crippen LogP contribution in [0.15, 0.2) is 29.4 Å². The number of hydrogen-bond acceptors (Lipinski definition) is 2. The lowest BCUT2D eigenvalue weighted by molar-refractivity contribution is 0.808. The van der Waals surface area contributed by atoms with E-state index in [1.807, 2.05) is 18.2 Å². The molecular weight excluding hydrogens is 327 g/mol. The first-order valence-electron chi connectivity index (χ1n) is 5.83. The van der Waals surface area contributed by atoms with E-state index in [1.54, 1.807) is 6.20 Å². The molecule has 17 heavy (non-hydrogen) atoms. The van der Waals surface area contributed by atoms with E-state index >= 15 is 0 Å². The molecular formula is C12H19IN4. The Labute approximate surface area is 119 Å². The Morgan fingerprint density at radius 2 is 2.29 bits per heavy atom. The number of aliphatic imine (C=N–C) groups is 1.